The Morgan fingerprint density at radius 3 is 2.36 bits per heavy atom. The van der Waals surface area contributed by atoms with Gasteiger partial charge in [-0.25, -0.2) is 0 Å². The topological polar surface area (TPSA) is 33.3 Å². The maximum Gasteiger partial charge on any atom is 0.0543 e. The number of nitrogens with one attached hydrogen (secondary N) is 2. The number of hydrogen-bond donors (Lipinski definition) is 2. The maximum atomic E-state index is 5.17. The first-order valence-corrected chi connectivity index (χ1v) is 5.75. The van der Waals surface area contributed by atoms with Crippen LogP contribution in [0.4, 0.5) is 0 Å². The Hall–Kier alpha value is -0.120. The van der Waals surface area contributed by atoms with Crippen molar-refractivity contribution in [2.24, 2.45) is 0 Å². The van der Waals surface area contributed by atoms with Crippen LogP contribution in [0.25, 0.3) is 0 Å². The van der Waals surface area contributed by atoms with E-state index in [9.17, 15) is 0 Å². The standard InChI is InChI=1S/C11H26N2O/c1-4-12-9-6-10-13-8-5-7-11(2)14-3/h11-13H,4-10H2,1-3H3. The van der Waals surface area contributed by atoms with Crippen molar-refractivity contribution in [3.63, 3.8) is 0 Å². The average molecular weight is 202 g/mol. The summed E-state index contributed by atoms with van der Waals surface area (Å²) in [6.45, 7) is 8.68. The smallest absolute Gasteiger partial charge is 0.0543 e. The van der Waals surface area contributed by atoms with Crippen molar-refractivity contribution in [3.05, 3.63) is 0 Å². The van der Waals surface area contributed by atoms with Crippen LogP contribution < -0.4 is 10.6 Å². The van der Waals surface area contributed by atoms with E-state index in [1.54, 1.807) is 7.11 Å². The lowest BCUT2D eigenvalue weighted by molar-refractivity contribution is 0.109. The van der Waals surface area contributed by atoms with E-state index >= 15 is 0 Å². The summed E-state index contributed by atoms with van der Waals surface area (Å²) in [5, 5.41) is 6.73. The van der Waals surface area contributed by atoms with Crippen molar-refractivity contribution in [3.8, 4) is 0 Å². The van der Waals surface area contributed by atoms with Gasteiger partial charge in [-0.05, 0) is 52.4 Å². The Balaban J connectivity index is 2.92. The van der Waals surface area contributed by atoms with Crippen LogP contribution in [0.1, 0.15) is 33.1 Å². The highest BCUT2D eigenvalue weighted by molar-refractivity contribution is 4.54. The van der Waals surface area contributed by atoms with E-state index in [1.807, 2.05) is 0 Å². The fourth-order valence-electron chi connectivity index (χ4n) is 1.27. The molecule has 14 heavy (non-hydrogen) atoms. The van der Waals surface area contributed by atoms with Gasteiger partial charge in [-0.3, -0.25) is 0 Å². The molecule has 1 unspecified atom stereocenters. The van der Waals surface area contributed by atoms with Crippen molar-refractivity contribution in [2.75, 3.05) is 33.3 Å². The zero-order chi connectivity index (χ0) is 10.6. The van der Waals surface area contributed by atoms with Gasteiger partial charge in [0.2, 0.25) is 0 Å². The van der Waals surface area contributed by atoms with Gasteiger partial charge in [0.1, 0.15) is 0 Å². The lowest BCUT2D eigenvalue weighted by atomic mass is 10.2. The third-order valence-corrected chi connectivity index (χ3v) is 2.32. The van der Waals surface area contributed by atoms with Crippen molar-refractivity contribution in [2.45, 2.75) is 39.2 Å². The van der Waals surface area contributed by atoms with Gasteiger partial charge >= 0.3 is 0 Å². The van der Waals surface area contributed by atoms with Gasteiger partial charge in [-0.1, -0.05) is 6.92 Å². The molecule has 0 rings (SSSR count). The molecule has 0 aromatic rings. The summed E-state index contributed by atoms with van der Waals surface area (Å²) in [4.78, 5) is 0. The van der Waals surface area contributed by atoms with Crippen molar-refractivity contribution in [1.82, 2.24) is 10.6 Å². The van der Waals surface area contributed by atoms with E-state index in [4.69, 9.17) is 4.74 Å². The Kier molecular flexibility index (Phi) is 10.9. The molecule has 86 valence electrons. The number of methoxy groups -OCH3 is 1. The van der Waals surface area contributed by atoms with Crippen LogP contribution >= 0.6 is 0 Å². The number of hydrogen-bond acceptors (Lipinski definition) is 3. The summed E-state index contributed by atoms with van der Waals surface area (Å²) >= 11 is 0. The second-order valence-corrected chi connectivity index (χ2v) is 3.65. The fourth-order valence-corrected chi connectivity index (χ4v) is 1.27. The molecule has 0 aromatic heterocycles. The predicted molar refractivity (Wildman–Crippen MR) is 61.7 cm³/mol. The predicted octanol–water partition coefficient (Wildman–Crippen LogP) is 1.39. The molecule has 3 heteroatoms. The first-order valence-electron chi connectivity index (χ1n) is 5.75. The van der Waals surface area contributed by atoms with Crippen LogP contribution in [-0.2, 0) is 4.74 Å². The SMILES string of the molecule is CCNCCCNCCCC(C)OC. The summed E-state index contributed by atoms with van der Waals surface area (Å²) in [5.74, 6) is 0. The molecule has 0 aromatic carbocycles. The average Bonchev–Trinajstić information content (AvgIpc) is 2.21. The molecule has 0 saturated carbocycles. The molecule has 0 aliphatic rings. The summed E-state index contributed by atoms with van der Waals surface area (Å²) < 4.78 is 5.17. The van der Waals surface area contributed by atoms with Crippen molar-refractivity contribution in [1.29, 1.82) is 0 Å². The highest BCUT2D eigenvalue weighted by Crippen LogP contribution is 1.97. The second kappa shape index (κ2) is 11.0. The third kappa shape index (κ3) is 9.96. The van der Waals surface area contributed by atoms with E-state index in [0.717, 1.165) is 32.6 Å². The Bertz CT molecular complexity index is 109. The molecule has 0 saturated heterocycles. The second-order valence-electron chi connectivity index (χ2n) is 3.65. The molecule has 1 atom stereocenters. The Morgan fingerprint density at radius 1 is 1.07 bits per heavy atom. The van der Waals surface area contributed by atoms with Gasteiger partial charge in [0.05, 0.1) is 6.10 Å². The van der Waals surface area contributed by atoms with Crippen LogP contribution in [0.5, 0.6) is 0 Å². The van der Waals surface area contributed by atoms with Gasteiger partial charge in [0.25, 0.3) is 0 Å². The van der Waals surface area contributed by atoms with Crippen LogP contribution in [-0.4, -0.2) is 39.4 Å². The molecule has 0 spiro atoms. The van der Waals surface area contributed by atoms with Gasteiger partial charge in [-0.15, -0.1) is 0 Å². The molecule has 0 amide bonds. The highest BCUT2D eigenvalue weighted by Gasteiger charge is 1.97. The Morgan fingerprint density at radius 2 is 1.71 bits per heavy atom. The molecule has 0 bridgehead atoms. The zero-order valence-electron chi connectivity index (χ0n) is 9.94. The van der Waals surface area contributed by atoms with Crippen LogP contribution in [0.2, 0.25) is 0 Å². The number of ether oxygens (including phenoxy) is 1. The van der Waals surface area contributed by atoms with E-state index in [1.165, 1.54) is 12.8 Å². The molecule has 0 radical (unpaired) electrons. The Labute approximate surface area is 88.6 Å². The molecule has 0 fully saturated rings. The van der Waals surface area contributed by atoms with Crippen molar-refractivity contribution >= 4 is 0 Å². The van der Waals surface area contributed by atoms with Gasteiger partial charge in [0.15, 0.2) is 0 Å². The monoisotopic (exact) mass is 202 g/mol. The van der Waals surface area contributed by atoms with Gasteiger partial charge in [-0.2, -0.15) is 0 Å². The summed E-state index contributed by atoms with van der Waals surface area (Å²) in [5.41, 5.74) is 0. The van der Waals surface area contributed by atoms with Crippen LogP contribution in [0, 0.1) is 0 Å². The molecule has 0 heterocycles. The zero-order valence-corrected chi connectivity index (χ0v) is 9.94. The van der Waals surface area contributed by atoms with Gasteiger partial charge in [0, 0.05) is 7.11 Å². The first-order chi connectivity index (χ1) is 6.81. The van der Waals surface area contributed by atoms with E-state index < -0.39 is 0 Å². The summed E-state index contributed by atoms with van der Waals surface area (Å²) in [6.07, 6.45) is 3.97. The molecule has 3 nitrogen and oxygen atoms in total. The molecule has 0 aliphatic carbocycles. The maximum absolute atomic E-state index is 5.17. The van der Waals surface area contributed by atoms with Crippen molar-refractivity contribution < 1.29 is 4.74 Å². The minimum Gasteiger partial charge on any atom is -0.382 e. The fraction of sp³-hybridized carbons (Fsp3) is 1.00. The first kappa shape index (κ1) is 13.9. The summed E-state index contributed by atoms with van der Waals surface area (Å²) in [6, 6.07) is 0. The highest BCUT2D eigenvalue weighted by atomic mass is 16.5. The molecule has 2 N–H and O–H groups in total. The third-order valence-electron chi connectivity index (χ3n) is 2.32. The van der Waals surface area contributed by atoms with E-state index in [0.29, 0.717) is 6.10 Å². The normalized spacial score (nSPS) is 13.1. The number of rotatable bonds is 10. The summed E-state index contributed by atoms with van der Waals surface area (Å²) in [7, 11) is 1.77. The molecular weight excluding hydrogens is 176 g/mol. The van der Waals surface area contributed by atoms with Gasteiger partial charge < -0.3 is 15.4 Å². The minimum absolute atomic E-state index is 0.401. The lowest BCUT2D eigenvalue weighted by Gasteiger charge is -2.09. The quantitative estimate of drug-likeness (QED) is 0.525. The van der Waals surface area contributed by atoms with Crippen LogP contribution in [0.15, 0.2) is 0 Å². The van der Waals surface area contributed by atoms with Crippen LogP contribution in [0.3, 0.4) is 0 Å². The van der Waals surface area contributed by atoms with E-state index in [-0.39, 0.29) is 0 Å². The van der Waals surface area contributed by atoms with E-state index in [2.05, 4.69) is 24.5 Å². The lowest BCUT2D eigenvalue weighted by Crippen LogP contribution is -2.23. The minimum atomic E-state index is 0.401. The molecule has 0 aliphatic heterocycles. The largest absolute Gasteiger partial charge is 0.382 e. The molecular formula is C11H26N2O.